The van der Waals surface area contributed by atoms with Crippen molar-refractivity contribution in [1.82, 2.24) is 19.6 Å². The third-order valence-electron chi connectivity index (χ3n) is 6.43. The van der Waals surface area contributed by atoms with E-state index in [0.29, 0.717) is 0 Å². The van der Waals surface area contributed by atoms with Crippen LogP contribution in [0, 0.1) is 0 Å². The maximum absolute atomic E-state index is 12.3. The average Bonchev–Trinajstić information content (AvgIpc) is 3.31. The van der Waals surface area contributed by atoms with Crippen LogP contribution in [0.15, 0.2) is 6.20 Å². The van der Waals surface area contributed by atoms with E-state index in [1.807, 2.05) is 11.1 Å². The Morgan fingerprint density at radius 1 is 1.35 bits per heavy atom. The number of hydrogen-bond acceptors (Lipinski definition) is 4. The maximum Gasteiger partial charge on any atom is 0.410 e. The summed E-state index contributed by atoms with van der Waals surface area (Å²) in [6, 6.07) is 0.279. The van der Waals surface area contributed by atoms with Crippen molar-refractivity contribution >= 4 is 6.09 Å². The van der Waals surface area contributed by atoms with Gasteiger partial charge in [0.1, 0.15) is 5.60 Å². The quantitative estimate of drug-likeness (QED) is 0.781. The smallest absolute Gasteiger partial charge is 0.410 e. The van der Waals surface area contributed by atoms with Crippen molar-refractivity contribution in [2.75, 3.05) is 19.6 Å². The van der Waals surface area contributed by atoms with E-state index in [2.05, 4.69) is 35.6 Å². The van der Waals surface area contributed by atoms with Crippen LogP contribution in [0.2, 0.25) is 0 Å². The molecule has 1 amide bonds. The van der Waals surface area contributed by atoms with Gasteiger partial charge in [-0.15, -0.1) is 0 Å². The maximum atomic E-state index is 12.3. The Labute approximate surface area is 156 Å². The van der Waals surface area contributed by atoms with Gasteiger partial charge in [-0.05, 0) is 26.2 Å². The molecule has 3 aliphatic rings. The summed E-state index contributed by atoms with van der Waals surface area (Å²) in [5.41, 5.74) is 2.55. The van der Waals surface area contributed by atoms with Gasteiger partial charge in [-0.25, -0.2) is 4.79 Å². The molecule has 2 aliphatic heterocycles. The van der Waals surface area contributed by atoms with Crippen molar-refractivity contribution in [1.29, 1.82) is 0 Å². The second-order valence-corrected chi connectivity index (χ2v) is 8.55. The fourth-order valence-electron chi connectivity index (χ4n) is 4.68. The number of hydrogen-bond donors (Lipinski definition) is 0. The highest BCUT2D eigenvalue weighted by Gasteiger charge is 2.48. The summed E-state index contributed by atoms with van der Waals surface area (Å²) in [6.07, 6.45) is 8.56. The second kappa shape index (κ2) is 6.87. The van der Waals surface area contributed by atoms with E-state index < -0.39 is 0 Å². The number of aryl methyl sites for hydroxylation is 1. The first-order chi connectivity index (χ1) is 12.5. The summed E-state index contributed by atoms with van der Waals surface area (Å²) in [6.45, 7) is 8.02. The Kier molecular flexibility index (Phi) is 4.71. The first-order valence-electron chi connectivity index (χ1n) is 10.2. The van der Waals surface area contributed by atoms with Crippen LogP contribution in [0.4, 0.5) is 4.79 Å². The number of piperidine rings is 1. The van der Waals surface area contributed by atoms with Crippen LogP contribution >= 0.6 is 0 Å². The summed E-state index contributed by atoms with van der Waals surface area (Å²) in [5, 5.41) is 4.48. The molecule has 3 fully saturated rings. The van der Waals surface area contributed by atoms with Gasteiger partial charge in [0.05, 0.1) is 12.7 Å². The number of nitrogens with zero attached hydrogens (tertiary/aromatic N) is 4. The van der Waals surface area contributed by atoms with Crippen LogP contribution in [-0.2, 0) is 18.3 Å². The monoisotopic (exact) mass is 360 g/mol. The molecule has 26 heavy (non-hydrogen) atoms. The topological polar surface area (TPSA) is 50.6 Å². The van der Waals surface area contributed by atoms with Crippen LogP contribution in [0.5, 0.6) is 0 Å². The molecule has 0 bridgehead atoms. The third kappa shape index (κ3) is 3.36. The van der Waals surface area contributed by atoms with E-state index in [-0.39, 0.29) is 17.7 Å². The van der Waals surface area contributed by atoms with Crippen molar-refractivity contribution < 1.29 is 9.53 Å². The molecule has 0 N–H and O–H groups in total. The first kappa shape index (κ1) is 17.8. The van der Waals surface area contributed by atoms with Gasteiger partial charge in [-0.2, -0.15) is 5.10 Å². The van der Waals surface area contributed by atoms with E-state index in [4.69, 9.17) is 4.74 Å². The lowest BCUT2D eigenvalue weighted by molar-refractivity contribution is -0.00138. The molecule has 3 heterocycles. The molecule has 6 nitrogen and oxygen atoms in total. The number of carbonyl (C=O) groups excluding carboxylic acids is 1. The highest BCUT2D eigenvalue weighted by molar-refractivity contribution is 5.71. The van der Waals surface area contributed by atoms with Gasteiger partial charge in [0.2, 0.25) is 0 Å². The highest BCUT2D eigenvalue weighted by Crippen LogP contribution is 2.42. The standard InChI is InChI=1S/C20H32N4O2/c1-4-5-15(2)24-14-20(26-19(24)25)8-10-23(11-9-20)13-17-12-21-22(3)18(17)16-6-7-16/h12,15-16H,4-11,13-14H2,1-3H3. The van der Waals surface area contributed by atoms with E-state index in [9.17, 15) is 4.79 Å². The Balaban J connectivity index is 1.35. The fourth-order valence-corrected chi connectivity index (χ4v) is 4.68. The van der Waals surface area contributed by atoms with Gasteiger partial charge in [0.25, 0.3) is 0 Å². The Hall–Kier alpha value is -1.56. The van der Waals surface area contributed by atoms with Crippen LogP contribution in [-0.4, -0.2) is 57.0 Å². The zero-order valence-corrected chi connectivity index (χ0v) is 16.4. The lowest BCUT2D eigenvalue weighted by atomic mass is 9.90. The van der Waals surface area contributed by atoms with Crippen LogP contribution in [0.25, 0.3) is 0 Å². The molecule has 6 heteroatoms. The summed E-state index contributed by atoms with van der Waals surface area (Å²) in [7, 11) is 2.06. The van der Waals surface area contributed by atoms with Crippen LogP contribution < -0.4 is 0 Å². The summed E-state index contributed by atoms with van der Waals surface area (Å²) >= 11 is 0. The molecule has 0 radical (unpaired) electrons. The van der Waals surface area contributed by atoms with E-state index in [0.717, 1.165) is 57.8 Å². The average molecular weight is 361 g/mol. The lowest BCUT2D eigenvalue weighted by Gasteiger charge is -2.37. The molecule has 1 spiro atoms. The number of likely N-dealkylation sites (tertiary alicyclic amines) is 1. The predicted octanol–water partition coefficient (Wildman–Crippen LogP) is 3.27. The molecule has 1 atom stereocenters. The molecule has 4 rings (SSSR count). The zero-order valence-electron chi connectivity index (χ0n) is 16.4. The fraction of sp³-hybridized carbons (Fsp3) is 0.800. The SMILES string of the molecule is CCCC(C)N1CC2(CCN(Cc3cnn(C)c3C3CC3)CC2)OC1=O. The lowest BCUT2D eigenvalue weighted by Crippen LogP contribution is -2.47. The normalized spacial score (nSPS) is 24.3. The summed E-state index contributed by atoms with van der Waals surface area (Å²) < 4.78 is 7.95. The van der Waals surface area contributed by atoms with Crippen molar-refractivity contribution in [3.8, 4) is 0 Å². The van der Waals surface area contributed by atoms with Gasteiger partial charge in [-0.3, -0.25) is 9.58 Å². The number of aromatic nitrogens is 2. The molecule has 0 aromatic carbocycles. The van der Waals surface area contributed by atoms with Crippen LogP contribution in [0.1, 0.15) is 69.5 Å². The van der Waals surface area contributed by atoms with Crippen LogP contribution in [0.3, 0.4) is 0 Å². The van der Waals surface area contributed by atoms with E-state index in [1.54, 1.807) is 0 Å². The third-order valence-corrected chi connectivity index (χ3v) is 6.43. The van der Waals surface area contributed by atoms with Gasteiger partial charge in [0, 0.05) is 62.7 Å². The number of carbonyl (C=O) groups is 1. The molecule has 1 saturated carbocycles. The number of ether oxygens (including phenoxy) is 1. The Morgan fingerprint density at radius 3 is 2.73 bits per heavy atom. The Morgan fingerprint density at radius 2 is 2.08 bits per heavy atom. The number of amides is 1. The predicted molar refractivity (Wildman–Crippen MR) is 100.0 cm³/mol. The highest BCUT2D eigenvalue weighted by atomic mass is 16.6. The minimum absolute atomic E-state index is 0.109. The van der Waals surface area contributed by atoms with E-state index >= 15 is 0 Å². The molecule has 1 aromatic heterocycles. The molecular formula is C20H32N4O2. The summed E-state index contributed by atoms with van der Waals surface area (Å²) in [4.78, 5) is 16.8. The first-order valence-corrected chi connectivity index (χ1v) is 10.2. The minimum Gasteiger partial charge on any atom is -0.441 e. The van der Waals surface area contributed by atoms with Crippen molar-refractivity contribution in [3.05, 3.63) is 17.5 Å². The summed E-state index contributed by atoms with van der Waals surface area (Å²) in [5.74, 6) is 0.720. The van der Waals surface area contributed by atoms with Gasteiger partial charge in [0.15, 0.2) is 0 Å². The molecule has 1 unspecified atom stereocenters. The van der Waals surface area contributed by atoms with E-state index in [1.165, 1.54) is 24.1 Å². The zero-order chi connectivity index (χ0) is 18.3. The van der Waals surface area contributed by atoms with Crippen molar-refractivity contribution in [2.45, 2.75) is 76.5 Å². The van der Waals surface area contributed by atoms with Crippen molar-refractivity contribution in [3.63, 3.8) is 0 Å². The van der Waals surface area contributed by atoms with Gasteiger partial charge >= 0.3 is 6.09 Å². The molecule has 2 saturated heterocycles. The number of rotatable bonds is 6. The largest absolute Gasteiger partial charge is 0.441 e. The Bertz CT molecular complexity index is 659. The van der Waals surface area contributed by atoms with Gasteiger partial charge < -0.3 is 9.64 Å². The van der Waals surface area contributed by atoms with Gasteiger partial charge in [-0.1, -0.05) is 13.3 Å². The molecule has 1 aliphatic carbocycles. The molecule has 1 aromatic rings. The minimum atomic E-state index is -0.260. The van der Waals surface area contributed by atoms with Crippen molar-refractivity contribution in [2.24, 2.45) is 7.05 Å². The second-order valence-electron chi connectivity index (χ2n) is 8.55. The molecule has 144 valence electrons. The molecular weight excluding hydrogens is 328 g/mol.